The van der Waals surface area contributed by atoms with Gasteiger partial charge in [-0.1, -0.05) is 103 Å². The zero-order chi connectivity index (χ0) is 27.0. The molecule has 200 valence electrons. The van der Waals surface area contributed by atoms with Crippen LogP contribution in [0, 0.1) is 23.7 Å². The highest BCUT2D eigenvalue weighted by atomic mass is 14.9. The van der Waals surface area contributed by atoms with Crippen LogP contribution in [0.4, 0.5) is 11.4 Å². The van der Waals surface area contributed by atoms with Crippen LogP contribution >= 0.6 is 0 Å². The van der Waals surface area contributed by atoms with E-state index in [2.05, 4.69) is 127 Å². The van der Waals surface area contributed by atoms with Crippen molar-refractivity contribution in [3.63, 3.8) is 0 Å². The van der Waals surface area contributed by atoms with E-state index in [9.17, 15) is 0 Å². The summed E-state index contributed by atoms with van der Waals surface area (Å²) in [4.78, 5) is 0. The zero-order valence-electron chi connectivity index (χ0n) is 23.4. The first-order valence-electron chi connectivity index (χ1n) is 15.5. The second kappa shape index (κ2) is 8.95. The first-order valence-corrected chi connectivity index (χ1v) is 15.5. The maximum Gasteiger partial charge on any atom is 0.0432 e. The molecule has 1 spiro atoms. The number of benzene rings is 5. The van der Waals surface area contributed by atoms with E-state index in [1.165, 1.54) is 71.2 Å². The lowest BCUT2D eigenvalue weighted by Crippen LogP contribution is -2.55. The molecule has 1 heteroatoms. The average molecular weight is 530 g/mol. The first-order chi connectivity index (χ1) is 20.3. The van der Waals surface area contributed by atoms with Crippen molar-refractivity contribution >= 4 is 11.4 Å². The highest BCUT2D eigenvalue weighted by molar-refractivity contribution is 5.89. The molecule has 0 amide bonds. The van der Waals surface area contributed by atoms with Crippen LogP contribution in [0.3, 0.4) is 0 Å². The third-order valence-corrected chi connectivity index (χ3v) is 11.1. The molecule has 4 bridgehead atoms. The fourth-order valence-electron chi connectivity index (χ4n) is 9.81. The summed E-state index contributed by atoms with van der Waals surface area (Å²) in [6.07, 6.45) is 7.11. The van der Waals surface area contributed by atoms with Gasteiger partial charge in [-0.05, 0) is 118 Å². The van der Waals surface area contributed by atoms with Crippen LogP contribution in [0.15, 0.2) is 121 Å². The standard InChI is InChI=1S/C40H35N/c1-2-9-28(10-3-1)33-11-4-5-12-34(33)29-17-19-32(20-18-29)41-38-16-8-14-36-35-13-6-7-15-37(35)40(39(36)38)30-22-26-21-27(24-30)25-31(40)23-26/h1-20,26-27,30-31,41H,21-25H2. The van der Waals surface area contributed by atoms with Crippen molar-refractivity contribution in [1.29, 1.82) is 0 Å². The molecule has 0 radical (unpaired) electrons. The molecule has 10 rings (SSSR count). The normalized spacial score (nSPS) is 26.6. The van der Waals surface area contributed by atoms with E-state index >= 15 is 0 Å². The van der Waals surface area contributed by atoms with Gasteiger partial charge in [0.15, 0.2) is 0 Å². The molecule has 41 heavy (non-hydrogen) atoms. The molecule has 0 atom stereocenters. The zero-order valence-corrected chi connectivity index (χ0v) is 23.4. The third kappa shape index (κ3) is 3.42. The lowest BCUT2D eigenvalue weighted by atomic mass is 9.43. The smallest absolute Gasteiger partial charge is 0.0432 e. The van der Waals surface area contributed by atoms with E-state index in [-0.39, 0.29) is 5.41 Å². The molecule has 0 heterocycles. The van der Waals surface area contributed by atoms with Crippen LogP contribution < -0.4 is 5.32 Å². The first kappa shape index (κ1) is 23.6. The van der Waals surface area contributed by atoms with Crippen molar-refractivity contribution < 1.29 is 0 Å². The fraction of sp³-hybridized carbons (Fsp3) is 0.250. The van der Waals surface area contributed by atoms with Crippen LogP contribution in [0.25, 0.3) is 33.4 Å². The van der Waals surface area contributed by atoms with Gasteiger partial charge in [0.1, 0.15) is 0 Å². The van der Waals surface area contributed by atoms with Gasteiger partial charge in [-0.25, -0.2) is 0 Å². The lowest BCUT2D eigenvalue weighted by molar-refractivity contribution is -0.0396. The molecule has 5 aromatic carbocycles. The molecule has 4 saturated carbocycles. The second-order valence-electron chi connectivity index (χ2n) is 13.1. The number of rotatable bonds is 4. The van der Waals surface area contributed by atoms with Crippen molar-refractivity contribution in [2.24, 2.45) is 23.7 Å². The van der Waals surface area contributed by atoms with E-state index < -0.39 is 0 Å². The van der Waals surface area contributed by atoms with Gasteiger partial charge in [-0.15, -0.1) is 0 Å². The van der Waals surface area contributed by atoms with Gasteiger partial charge in [-0.2, -0.15) is 0 Å². The summed E-state index contributed by atoms with van der Waals surface area (Å²) >= 11 is 0. The van der Waals surface area contributed by atoms with E-state index in [1.807, 2.05) is 0 Å². The van der Waals surface area contributed by atoms with Crippen LogP contribution in [-0.2, 0) is 5.41 Å². The molecule has 5 aliphatic rings. The summed E-state index contributed by atoms with van der Waals surface area (Å²) in [5.41, 5.74) is 13.8. The van der Waals surface area contributed by atoms with Crippen LogP contribution in [-0.4, -0.2) is 0 Å². The van der Waals surface area contributed by atoms with E-state index in [1.54, 1.807) is 11.1 Å². The molecular formula is C40H35N. The third-order valence-electron chi connectivity index (χ3n) is 11.1. The van der Waals surface area contributed by atoms with E-state index in [0.29, 0.717) is 0 Å². The Hall–Kier alpha value is -4.10. The van der Waals surface area contributed by atoms with Gasteiger partial charge in [0.25, 0.3) is 0 Å². The van der Waals surface area contributed by atoms with Crippen molar-refractivity contribution in [2.75, 3.05) is 5.32 Å². The Kier molecular flexibility index (Phi) is 5.15. The Morgan fingerprint density at radius 3 is 1.71 bits per heavy atom. The minimum absolute atomic E-state index is 0.164. The Morgan fingerprint density at radius 2 is 1.02 bits per heavy atom. The Morgan fingerprint density at radius 1 is 0.463 bits per heavy atom. The molecule has 0 unspecified atom stereocenters. The van der Waals surface area contributed by atoms with Gasteiger partial charge in [0.2, 0.25) is 0 Å². The maximum atomic E-state index is 3.95. The van der Waals surface area contributed by atoms with Crippen molar-refractivity contribution in [3.05, 3.63) is 132 Å². The highest BCUT2D eigenvalue weighted by Gasteiger charge is 2.62. The minimum Gasteiger partial charge on any atom is -0.355 e. The Bertz CT molecular complexity index is 1740. The fourth-order valence-corrected chi connectivity index (χ4v) is 9.81. The molecule has 0 aliphatic heterocycles. The largest absolute Gasteiger partial charge is 0.355 e. The van der Waals surface area contributed by atoms with Gasteiger partial charge in [0.05, 0.1) is 0 Å². The quantitative estimate of drug-likeness (QED) is 0.244. The Balaban J connectivity index is 1.12. The average Bonchev–Trinajstić information content (AvgIpc) is 3.32. The van der Waals surface area contributed by atoms with Crippen LogP contribution in [0.1, 0.15) is 43.2 Å². The van der Waals surface area contributed by atoms with Crippen LogP contribution in [0.2, 0.25) is 0 Å². The molecule has 5 aliphatic carbocycles. The lowest BCUT2D eigenvalue weighted by Gasteiger charge is -2.61. The molecule has 5 aromatic rings. The molecule has 1 nitrogen and oxygen atoms in total. The summed E-state index contributed by atoms with van der Waals surface area (Å²) < 4.78 is 0. The summed E-state index contributed by atoms with van der Waals surface area (Å²) in [7, 11) is 0. The maximum absolute atomic E-state index is 3.95. The predicted octanol–water partition coefficient (Wildman–Crippen LogP) is 10.5. The Labute approximate surface area is 243 Å². The highest BCUT2D eigenvalue weighted by Crippen LogP contribution is 2.70. The van der Waals surface area contributed by atoms with Gasteiger partial charge < -0.3 is 5.32 Å². The SMILES string of the molecule is c1ccc(-c2ccccc2-c2ccc(Nc3cccc4c3C3(c5ccccc5-4)C4CC5CC(C4)CC3C5)cc2)cc1. The number of hydrogen-bond acceptors (Lipinski definition) is 1. The van der Waals surface area contributed by atoms with E-state index in [4.69, 9.17) is 0 Å². The number of anilines is 2. The number of fused-ring (bicyclic) bond motifs is 3. The van der Waals surface area contributed by atoms with Gasteiger partial charge >= 0.3 is 0 Å². The van der Waals surface area contributed by atoms with Crippen molar-refractivity contribution in [3.8, 4) is 33.4 Å². The molecule has 1 N–H and O–H groups in total. The summed E-state index contributed by atoms with van der Waals surface area (Å²) in [6, 6.07) is 44.9. The molecule has 0 aromatic heterocycles. The van der Waals surface area contributed by atoms with Crippen molar-refractivity contribution in [2.45, 2.75) is 37.5 Å². The monoisotopic (exact) mass is 529 g/mol. The molecule has 0 saturated heterocycles. The van der Waals surface area contributed by atoms with E-state index in [0.717, 1.165) is 29.4 Å². The van der Waals surface area contributed by atoms with Crippen LogP contribution in [0.5, 0.6) is 0 Å². The van der Waals surface area contributed by atoms with Crippen molar-refractivity contribution in [1.82, 2.24) is 0 Å². The predicted molar refractivity (Wildman–Crippen MR) is 170 cm³/mol. The second-order valence-corrected chi connectivity index (χ2v) is 13.1. The molecule has 4 fully saturated rings. The molecular weight excluding hydrogens is 494 g/mol. The van der Waals surface area contributed by atoms with Gasteiger partial charge in [-0.3, -0.25) is 0 Å². The number of nitrogens with one attached hydrogen (secondary N) is 1. The van der Waals surface area contributed by atoms with Gasteiger partial charge in [0, 0.05) is 16.8 Å². The topological polar surface area (TPSA) is 12.0 Å². The summed E-state index contributed by atoms with van der Waals surface area (Å²) in [5, 5.41) is 3.95. The number of hydrogen-bond donors (Lipinski definition) is 1. The summed E-state index contributed by atoms with van der Waals surface area (Å²) in [6.45, 7) is 0. The minimum atomic E-state index is 0.164. The summed E-state index contributed by atoms with van der Waals surface area (Å²) in [5.74, 6) is 3.43.